The highest BCUT2D eigenvalue weighted by Gasteiger charge is 2.10. The average molecular weight is 146 g/mol. The second-order valence-corrected chi connectivity index (χ2v) is 2.67. The molecule has 0 fully saturated rings. The van der Waals surface area contributed by atoms with Gasteiger partial charge >= 0.3 is 0 Å². The van der Waals surface area contributed by atoms with Gasteiger partial charge in [0.1, 0.15) is 5.75 Å². The molecule has 0 saturated heterocycles. The number of benzene rings is 1. The molecule has 0 unspecified atom stereocenters. The van der Waals surface area contributed by atoms with Gasteiger partial charge in [-0.05, 0) is 17.2 Å². The zero-order valence-corrected chi connectivity index (χ0v) is 6.34. The fourth-order valence-corrected chi connectivity index (χ4v) is 1.31. The molecule has 1 heteroatoms. The minimum Gasteiger partial charge on any atom is -0.493 e. The van der Waals surface area contributed by atoms with Crippen molar-refractivity contribution in [2.45, 2.75) is 6.42 Å². The van der Waals surface area contributed by atoms with Crippen LogP contribution >= 0.6 is 0 Å². The fourth-order valence-electron chi connectivity index (χ4n) is 1.31. The monoisotopic (exact) mass is 146 g/mol. The minimum absolute atomic E-state index is 0.829. The molecule has 56 valence electrons. The fraction of sp³-hybridized carbons (Fsp3) is 0.200. The summed E-state index contributed by atoms with van der Waals surface area (Å²) in [5.41, 5.74) is 2.45. The quantitative estimate of drug-likeness (QED) is 0.590. The Kier molecular flexibility index (Phi) is 1.42. The Morgan fingerprint density at radius 3 is 3.18 bits per heavy atom. The zero-order valence-electron chi connectivity index (χ0n) is 6.34. The third-order valence-electron chi connectivity index (χ3n) is 1.96. The summed E-state index contributed by atoms with van der Waals surface area (Å²) in [5.74, 6) is 1.03. The maximum Gasteiger partial charge on any atom is 0.123 e. The van der Waals surface area contributed by atoms with Crippen LogP contribution in [0.4, 0.5) is 0 Å². The van der Waals surface area contributed by atoms with E-state index in [0.29, 0.717) is 0 Å². The van der Waals surface area contributed by atoms with Gasteiger partial charge in [-0.15, -0.1) is 0 Å². The molecule has 0 bridgehead atoms. The van der Waals surface area contributed by atoms with Gasteiger partial charge in [0.25, 0.3) is 0 Å². The highest BCUT2D eigenvalue weighted by atomic mass is 16.5. The first-order valence-electron chi connectivity index (χ1n) is 3.78. The Balaban J connectivity index is 2.48. The van der Waals surface area contributed by atoms with Gasteiger partial charge in [0, 0.05) is 6.42 Å². The Labute approximate surface area is 66.3 Å². The summed E-state index contributed by atoms with van der Waals surface area (Å²) in [4.78, 5) is 0. The molecule has 1 aromatic rings. The van der Waals surface area contributed by atoms with Crippen LogP contribution < -0.4 is 4.74 Å². The highest BCUT2D eigenvalue weighted by molar-refractivity contribution is 5.52. The number of hydrogen-bond donors (Lipinski definition) is 0. The predicted octanol–water partition coefficient (Wildman–Crippen LogP) is 2.26. The molecule has 2 rings (SSSR count). The Hall–Kier alpha value is -1.24. The van der Waals surface area contributed by atoms with Crippen molar-refractivity contribution in [3.63, 3.8) is 0 Å². The van der Waals surface area contributed by atoms with Crippen LogP contribution in [-0.4, -0.2) is 6.61 Å². The van der Waals surface area contributed by atoms with Crippen molar-refractivity contribution in [2.24, 2.45) is 0 Å². The lowest BCUT2D eigenvalue weighted by atomic mass is 10.1. The van der Waals surface area contributed by atoms with Crippen LogP contribution in [0.3, 0.4) is 0 Å². The molecule has 11 heavy (non-hydrogen) atoms. The third-order valence-corrected chi connectivity index (χ3v) is 1.96. The van der Waals surface area contributed by atoms with Gasteiger partial charge in [-0.3, -0.25) is 0 Å². The lowest BCUT2D eigenvalue weighted by molar-refractivity contribution is 0.357. The van der Waals surface area contributed by atoms with E-state index in [1.807, 2.05) is 12.1 Å². The largest absolute Gasteiger partial charge is 0.493 e. The van der Waals surface area contributed by atoms with Crippen LogP contribution in [0.2, 0.25) is 0 Å². The van der Waals surface area contributed by atoms with Gasteiger partial charge < -0.3 is 4.74 Å². The van der Waals surface area contributed by atoms with Crippen LogP contribution in [0.5, 0.6) is 5.75 Å². The van der Waals surface area contributed by atoms with Crippen molar-refractivity contribution >= 4 is 6.08 Å². The van der Waals surface area contributed by atoms with Crippen LogP contribution in [0, 0.1) is 0 Å². The Morgan fingerprint density at radius 2 is 2.36 bits per heavy atom. The van der Waals surface area contributed by atoms with Crippen molar-refractivity contribution in [3.05, 3.63) is 35.9 Å². The van der Waals surface area contributed by atoms with Crippen LogP contribution in [0.1, 0.15) is 11.1 Å². The van der Waals surface area contributed by atoms with Gasteiger partial charge in [0.05, 0.1) is 6.61 Å². The molecular weight excluding hydrogens is 136 g/mol. The molecule has 0 saturated carbocycles. The topological polar surface area (TPSA) is 9.23 Å². The predicted molar refractivity (Wildman–Crippen MR) is 45.7 cm³/mol. The van der Waals surface area contributed by atoms with E-state index < -0.39 is 0 Å². The van der Waals surface area contributed by atoms with E-state index in [0.717, 1.165) is 24.3 Å². The summed E-state index contributed by atoms with van der Waals surface area (Å²) in [7, 11) is 0. The molecule has 1 aromatic carbocycles. The second-order valence-electron chi connectivity index (χ2n) is 2.67. The van der Waals surface area contributed by atoms with Crippen molar-refractivity contribution < 1.29 is 4.74 Å². The van der Waals surface area contributed by atoms with E-state index in [9.17, 15) is 0 Å². The first-order valence-corrected chi connectivity index (χ1v) is 3.78. The van der Waals surface area contributed by atoms with E-state index in [4.69, 9.17) is 4.74 Å². The molecule has 1 nitrogen and oxygen atoms in total. The summed E-state index contributed by atoms with van der Waals surface area (Å²) in [6.07, 6.45) is 2.88. The van der Waals surface area contributed by atoms with Crippen molar-refractivity contribution in [1.29, 1.82) is 0 Å². The molecule has 0 aromatic heterocycles. The second kappa shape index (κ2) is 2.42. The van der Waals surface area contributed by atoms with Gasteiger partial charge in [-0.2, -0.15) is 0 Å². The van der Waals surface area contributed by atoms with Crippen molar-refractivity contribution in [1.82, 2.24) is 0 Å². The smallest absolute Gasteiger partial charge is 0.123 e. The molecule has 1 heterocycles. The van der Waals surface area contributed by atoms with E-state index in [1.54, 1.807) is 0 Å². The average Bonchev–Trinajstić information content (AvgIpc) is 2.50. The van der Waals surface area contributed by atoms with Crippen LogP contribution in [0.15, 0.2) is 24.8 Å². The lowest BCUT2D eigenvalue weighted by Gasteiger charge is -1.98. The van der Waals surface area contributed by atoms with Crippen molar-refractivity contribution in [2.75, 3.05) is 6.61 Å². The normalized spacial score (nSPS) is 13.8. The highest BCUT2D eigenvalue weighted by Crippen LogP contribution is 2.26. The zero-order chi connectivity index (χ0) is 7.68. The molecule has 0 N–H and O–H groups in total. The number of hydrogen-bond acceptors (Lipinski definition) is 1. The molecular formula is C10H10O. The van der Waals surface area contributed by atoms with E-state index in [2.05, 4.69) is 18.7 Å². The van der Waals surface area contributed by atoms with E-state index in [-0.39, 0.29) is 0 Å². The molecule has 0 aliphatic carbocycles. The lowest BCUT2D eigenvalue weighted by Crippen LogP contribution is -1.86. The van der Waals surface area contributed by atoms with E-state index in [1.165, 1.54) is 5.56 Å². The first kappa shape index (κ1) is 6.47. The summed E-state index contributed by atoms with van der Waals surface area (Å²) in [5, 5.41) is 0. The third kappa shape index (κ3) is 1.03. The van der Waals surface area contributed by atoms with Crippen LogP contribution in [-0.2, 0) is 6.42 Å². The van der Waals surface area contributed by atoms with Gasteiger partial charge in [-0.25, -0.2) is 0 Å². The maximum atomic E-state index is 5.39. The minimum atomic E-state index is 0.829. The summed E-state index contributed by atoms with van der Waals surface area (Å²) < 4.78 is 5.39. The number of rotatable bonds is 1. The summed E-state index contributed by atoms with van der Waals surface area (Å²) in [6.45, 7) is 4.53. The Morgan fingerprint density at radius 1 is 1.45 bits per heavy atom. The standard InChI is InChI=1S/C10H10O/c1-2-8-3-4-9-5-6-11-10(9)7-8/h2-4,7H,1,5-6H2. The molecule has 1 aliphatic rings. The summed E-state index contributed by atoms with van der Waals surface area (Å²) in [6, 6.07) is 6.22. The summed E-state index contributed by atoms with van der Waals surface area (Å²) >= 11 is 0. The molecule has 0 amide bonds. The van der Waals surface area contributed by atoms with Crippen LogP contribution in [0.25, 0.3) is 6.08 Å². The Bertz CT molecular complexity index is 289. The molecule has 1 aliphatic heterocycles. The number of fused-ring (bicyclic) bond motifs is 1. The number of ether oxygens (including phenoxy) is 1. The molecule has 0 radical (unpaired) electrons. The molecule has 0 atom stereocenters. The molecule has 0 spiro atoms. The first-order chi connectivity index (χ1) is 5.40. The van der Waals surface area contributed by atoms with Gasteiger partial charge in [-0.1, -0.05) is 24.8 Å². The van der Waals surface area contributed by atoms with Crippen molar-refractivity contribution in [3.8, 4) is 5.75 Å². The van der Waals surface area contributed by atoms with E-state index >= 15 is 0 Å². The van der Waals surface area contributed by atoms with Gasteiger partial charge in [0.15, 0.2) is 0 Å². The SMILES string of the molecule is C=Cc1ccc2c(c1)OCC2. The van der Waals surface area contributed by atoms with Gasteiger partial charge in [0.2, 0.25) is 0 Å². The maximum absolute atomic E-state index is 5.39.